The summed E-state index contributed by atoms with van der Waals surface area (Å²) in [5.41, 5.74) is 0. The van der Waals surface area contributed by atoms with E-state index in [1.807, 2.05) is 0 Å². The number of phosphoric acid groups is 1. The molecule has 0 saturated carbocycles. The van der Waals surface area contributed by atoms with Crippen LogP contribution in [0.15, 0.2) is 0 Å². The average Bonchev–Trinajstić information content (AvgIpc) is 2.13. The van der Waals surface area contributed by atoms with Crippen LogP contribution in [0.3, 0.4) is 0 Å². The summed E-state index contributed by atoms with van der Waals surface area (Å²) in [5.74, 6) is 0.0845. The van der Waals surface area contributed by atoms with E-state index in [1.165, 1.54) is 6.92 Å². The van der Waals surface area contributed by atoms with Gasteiger partial charge < -0.3 is 4.79 Å². The molecular formula is C9H19O5P. The summed E-state index contributed by atoms with van der Waals surface area (Å²) in [7, 11) is -3.39. The third kappa shape index (κ3) is 7.68. The van der Waals surface area contributed by atoms with Gasteiger partial charge in [-0.1, -0.05) is 0 Å². The van der Waals surface area contributed by atoms with E-state index in [0.717, 1.165) is 0 Å². The van der Waals surface area contributed by atoms with Gasteiger partial charge in [-0.15, -0.1) is 0 Å². The molecule has 0 fully saturated rings. The summed E-state index contributed by atoms with van der Waals surface area (Å²) in [5, 5.41) is 0. The van der Waals surface area contributed by atoms with Gasteiger partial charge in [-0.2, -0.15) is 0 Å². The molecule has 0 rings (SSSR count). The van der Waals surface area contributed by atoms with E-state index in [9.17, 15) is 9.36 Å². The summed E-state index contributed by atoms with van der Waals surface area (Å²) in [6.45, 7) is 5.67. The highest BCUT2D eigenvalue weighted by Crippen LogP contribution is 2.49. The van der Waals surface area contributed by atoms with E-state index in [2.05, 4.69) is 0 Å². The highest BCUT2D eigenvalue weighted by Gasteiger charge is 2.24. The fourth-order valence-electron chi connectivity index (χ4n) is 0.925. The minimum absolute atomic E-state index is 0.0845. The van der Waals surface area contributed by atoms with Gasteiger partial charge in [0.1, 0.15) is 5.78 Å². The first-order valence-electron chi connectivity index (χ1n) is 5.07. The summed E-state index contributed by atoms with van der Waals surface area (Å²) >= 11 is 0. The Labute approximate surface area is 90.7 Å². The Bertz CT molecular complexity index is 219. The maximum absolute atomic E-state index is 11.7. The summed E-state index contributed by atoms with van der Waals surface area (Å²) in [4.78, 5) is 10.6. The number of carbonyl (C=O) groups is 1. The number of carbonyl (C=O) groups excluding carboxylic acids is 1. The molecule has 0 unspecified atom stereocenters. The van der Waals surface area contributed by atoms with E-state index in [0.29, 0.717) is 12.8 Å². The zero-order chi connectivity index (χ0) is 11.7. The van der Waals surface area contributed by atoms with Gasteiger partial charge in [-0.05, 0) is 27.2 Å². The number of ketones is 1. The first kappa shape index (κ1) is 14.8. The van der Waals surface area contributed by atoms with E-state index in [1.54, 1.807) is 13.8 Å². The second kappa shape index (κ2) is 7.99. The number of phosphoric ester groups is 1. The Hall–Kier alpha value is -0.220. The molecule has 0 amide bonds. The lowest BCUT2D eigenvalue weighted by Gasteiger charge is -2.15. The van der Waals surface area contributed by atoms with Crippen LogP contribution in [0.4, 0.5) is 0 Å². The van der Waals surface area contributed by atoms with Crippen LogP contribution in [0.5, 0.6) is 0 Å². The number of Topliss-reactive ketones (excluding diaryl/α,β-unsaturated/α-hetero) is 1. The zero-order valence-corrected chi connectivity index (χ0v) is 10.4. The molecule has 0 heterocycles. The maximum atomic E-state index is 11.7. The molecule has 0 aliphatic carbocycles. The minimum atomic E-state index is -3.39. The second-order valence-electron chi connectivity index (χ2n) is 2.92. The highest BCUT2D eigenvalue weighted by molar-refractivity contribution is 7.48. The molecule has 5 nitrogen and oxygen atoms in total. The molecule has 90 valence electrons. The summed E-state index contributed by atoms with van der Waals surface area (Å²) in [6.07, 6.45) is 0.942. The third-order valence-corrected chi connectivity index (χ3v) is 3.14. The monoisotopic (exact) mass is 238 g/mol. The second-order valence-corrected chi connectivity index (χ2v) is 4.59. The van der Waals surface area contributed by atoms with Crippen LogP contribution in [-0.2, 0) is 22.9 Å². The van der Waals surface area contributed by atoms with Crippen molar-refractivity contribution in [1.82, 2.24) is 0 Å². The number of rotatable bonds is 9. The Morgan fingerprint density at radius 1 is 1.13 bits per heavy atom. The van der Waals surface area contributed by atoms with Crippen molar-refractivity contribution in [2.45, 2.75) is 33.6 Å². The molecule has 0 aromatic carbocycles. The molecule has 0 saturated heterocycles. The fraction of sp³-hybridized carbons (Fsp3) is 0.889. The molecule has 0 spiro atoms. The Morgan fingerprint density at radius 2 is 1.67 bits per heavy atom. The van der Waals surface area contributed by atoms with Crippen molar-refractivity contribution in [2.75, 3.05) is 19.8 Å². The lowest BCUT2D eigenvalue weighted by atomic mass is 10.2. The van der Waals surface area contributed by atoms with E-state index < -0.39 is 7.82 Å². The van der Waals surface area contributed by atoms with E-state index in [-0.39, 0.29) is 25.6 Å². The largest absolute Gasteiger partial charge is 0.474 e. The Kier molecular flexibility index (Phi) is 7.88. The minimum Gasteiger partial charge on any atom is -0.300 e. The molecule has 0 aliphatic rings. The van der Waals surface area contributed by atoms with Crippen molar-refractivity contribution >= 4 is 13.6 Å². The molecule has 15 heavy (non-hydrogen) atoms. The van der Waals surface area contributed by atoms with Gasteiger partial charge in [0.05, 0.1) is 19.8 Å². The summed E-state index contributed by atoms with van der Waals surface area (Å²) in [6, 6.07) is 0. The van der Waals surface area contributed by atoms with Gasteiger partial charge in [0.25, 0.3) is 0 Å². The molecule has 6 heteroatoms. The molecule has 0 aromatic heterocycles. The predicted molar refractivity (Wildman–Crippen MR) is 56.7 cm³/mol. The van der Waals surface area contributed by atoms with Crippen LogP contribution in [-0.4, -0.2) is 25.6 Å². The highest BCUT2D eigenvalue weighted by atomic mass is 31.2. The normalized spacial score (nSPS) is 11.7. The van der Waals surface area contributed by atoms with E-state index in [4.69, 9.17) is 13.6 Å². The van der Waals surface area contributed by atoms with Crippen LogP contribution >= 0.6 is 7.82 Å². The predicted octanol–water partition coefficient (Wildman–Crippen LogP) is 2.55. The van der Waals surface area contributed by atoms with Gasteiger partial charge in [-0.25, -0.2) is 4.57 Å². The maximum Gasteiger partial charge on any atom is 0.474 e. The van der Waals surface area contributed by atoms with Crippen LogP contribution in [0.25, 0.3) is 0 Å². The summed E-state index contributed by atoms with van der Waals surface area (Å²) < 4.78 is 26.5. The van der Waals surface area contributed by atoms with Crippen molar-refractivity contribution < 1.29 is 22.9 Å². The molecule has 0 aliphatic heterocycles. The quantitative estimate of drug-likeness (QED) is 0.456. The van der Waals surface area contributed by atoms with Crippen molar-refractivity contribution in [3.63, 3.8) is 0 Å². The lowest BCUT2D eigenvalue weighted by Crippen LogP contribution is -2.02. The standard InChI is InChI=1S/C9H19O5P/c1-4-12-15(11,13-5-2)14-8-6-7-9(3)10/h4-8H2,1-3H3. The molecule has 0 radical (unpaired) electrons. The first-order valence-corrected chi connectivity index (χ1v) is 6.53. The fourth-order valence-corrected chi connectivity index (χ4v) is 2.13. The Balaban J connectivity index is 3.85. The van der Waals surface area contributed by atoms with Crippen molar-refractivity contribution in [3.8, 4) is 0 Å². The number of hydrogen-bond donors (Lipinski definition) is 0. The van der Waals surface area contributed by atoms with Gasteiger partial charge in [0.15, 0.2) is 0 Å². The average molecular weight is 238 g/mol. The van der Waals surface area contributed by atoms with Crippen LogP contribution in [0.2, 0.25) is 0 Å². The van der Waals surface area contributed by atoms with E-state index >= 15 is 0 Å². The molecule has 0 aromatic rings. The van der Waals surface area contributed by atoms with Crippen LogP contribution in [0, 0.1) is 0 Å². The van der Waals surface area contributed by atoms with Crippen molar-refractivity contribution in [3.05, 3.63) is 0 Å². The lowest BCUT2D eigenvalue weighted by molar-refractivity contribution is -0.117. The molecule has 0 bridgehead atoms. The first-order chi connectivity index (χ1) is 7.04. The van der Waals surface area contributed by atoms with Gasteiger partial charge in [0.2, 0.25) is 0 Å². The van der Waals surface area contributed by atoms with Gasteiger partial charge >= 0.3 is 7.82 Å². The third-order valence-electron chi connectivity index (χ3n) is 1.50. The SMILES string of the molecule is CCOP(=O)(OCC)OCCCC(C)=O. The topological polar surface area (TPSA) is 61.8 Å². The Morgan fingerprint density at radius 3 is 2.07 bits per heavy atom. The van der Waals surface area contributed by atoms with Crippen LogP contribution < -0.4 is 0 Å². The van der Waals surface area contributed by atoms with Gasteiger partial charge in [0, 0.05) is 6.42 Å². The number of hydrogen-bond acceptors (Lipinski definition) is 5. The molecule has 0 atom stereocenters. The van der Waals surface area contributed by atoms with Crippen LogP contribution in [0.1, 0.15) is 33.6 Å². The zero-order valence-electron chi connectivity index (χ0n) is 9.52. The smallest absolute Gasteiger partial charge is 0.300 e. The molecular weight excluding hydrogens is 219 g/mol. The molecule has 0 N–H and O–H groups in total. The van der Waals surface area contributed by atoms with Crippen molar-refractivity contribution in [1.29, 1.82) is 0 Å². The van der Waals surface area contributed by atoms with Gasteiger partial charge in [-0.3, -0.25) is 13.6 Å². The van der Waals surface area contributed by atoms with Crippen molar-refractivity contribution in [2.24, 2.45) is 0 Å².